The van der Waals surface area contributed by atoms with E-state index in [1.54, 1.807) is 43.2 Å². The number of fused-ring (bicyclic) bond motifs is 12. The van der Waals surface area contributed by atoms with Gasteiger partial charge in [-0.2, -0.15) is 19.2 Å². The number of nitrogens with zero attached hydrogens (tertiary/aromatic N) is 9. The zero-order valence-corrected chi connectivity index (χ0v) is 39.9. The van der Waals surface area contributed by atoms with Crippen molar-refractivity contribution in [3.8, 4) is 0 Å². The van der Waals surface area contributed by atoms with E-state index in [0.29, 0.717) is 18.0 Å². The Morgan fingerprint density at radius 3 is 1.37 bits per heavy atom. The van der Waals surface area contributed by atoms with Gasteiger partial charge in [0.15, 0.2) is 0 Å². The van der Waals surface area contributed by atoms with E-state index in [1.165, 1.54) is 10.8 Å². The van der Waals surface area contributed by atoms with E-state index >= 15 is 0 Å². The molecule has 0 aliphatic carbocycles. The van der Waals surface area contributed by atoms with Crippen molar-refractivity contribution in [2.75, 3.05) is 5.32 Å². The molecule has 12 aromatic heterocycles. The Morgan fingerprint density at radius 1 is 0.515 bits per heavy atom. The molecule has 0 saturated carbocycles. The first-order chi connectivity index (χ1) is 33.0. The highest BCUT2D eigenvalue weighted by Gasteiger charge is 2.10. The number of carbonyl (C=O) groups excluding carboxylic acids is 5. The van der Waals surface area contributed by atoms with Crippen molar-refractivity contribution in [3.63, 3.8) is 0 Å². The molecule has 19 nitrogen and oxygen atoms in total. The summed E-state index contributed by atoms with van der Waals surface area (Å²) in [5.41, 5.74) is 9.34. The topological polar surface area (TPSA) is 268 Å². The number of aromatic amines is 4. The van der Waals surface area contributed by atoms with E-state index in [4.69, 9.17) is 25.8 Å². The van der Waals surface area contributed by atoms with Crippen molar-refractivity contribution in [1.82, 2.24) is 59.8 Å². The average Bonchev–Trinajstić information content (AvgIpc) is 4.10. The lowest BCUT2D eigenvalue weighted by Gasteiger charge is -1.97. The van der Waals surface area contributed by atoms with E-state index in [0.717, 1.165) is 102 Å². The van der Waals surface area contributed by atoms with Crippen molar-refractivity contribution in [2.45, 2.75) is 13.8 Å². The maximum absolute atomic E-state index is 10.4. The summed E-state index contributed by atoms with van der Waals surface area (Å²) in [5, 5.41) is 11.1. The standard InChI is InChI=1S/C11H7BrN4O.C11H5BrN4.C11H8BrN3.C11H9N3.2CO2/c12-6-1-8-7-2-10(15-5-17)13-4-9(7)16-11(8)14-3-6;1-13-10-3-7-8-2-6(12)4-15-11(8)16-9(7)5-14-10;1-6-2-8-9-3-7(12)4-14-11(9)15-10(8)5-13-6;1-7-5-9-8-3-2-4-12-11(8)14-10(9)6-13-7;2*2-1-3/h1-5H,(H,14,16)(H,13,15,17);2-5H,(H,15,16);2-5H,1H3,(H,14,15);2-6H,1H3,(H,12,14);;. The molecule has 334 valence electrons. The number of H-pyrrole nitrogens is 4. The number of halogens is 3. The SMILES string of the molecule is Cc1cc2c(cn1)[nH]c1ncc(Br)cc12.Cc1cc2c(cn1)[nH]c1ncccc12.O=C=O.O=C=O.O=CNc1cc2c(cn1)[nH]c1ncc(Br)cc12.[C-]#[N+]c1cc2c(cn1)[nH]c1ncc(Br)cc12. The highest BCUT2D eigenvalue weighted by molar-refractivity contribution is 9.11. The Kier molecular flexibility index (Phi) is 15.2. The lowest BCUT2D eigenvalue weighted by Crippen LogP contribution is -1.95. The second kappa shape index (κ2) is 21.7. The fraction of sp³-hybridized carbons (Fsp3) is 0.0435. The molecule has 12 heterocycles. The number of carbonyl (C=O) groups is 1. The van der Waals surface area contributed by atoms with Gasteiger partial charge in [0.05, 0.1) is 40.7 Å². The molecule has 0 aliphatic heterocycles. The summed E-state index contributed by atoms with van der Waals surface area (Å²) in [6.07, 6.45) is 15.2. The Morgan fingerprint density at radius 2 is 0.912 bits per heavy atom. The molecule has 12 rings (SSSR count). The minimum absolute atomic E-state index is 0.250. The van der Waals surface area contributed by atoms with Gasteiger partial charge >= 0.3 is 12.3 Å². The molecule has 5 N–H and O–H groups in total. The van der Waals surface area contributed by atoms with Gasteiger partial charge in [-0.1, -0.05) is 6.57 Å². The number of aryl methyl sites for hydroxylation is 2. The molecule has 12 aromatic rings. The summed E-state index contributed by atoms with van der Waals surface area (Å²) in [6.45, 7) is 10.9. The molecule has 0 radical (unpaired) electrons. The van der Waals surface area contributed by atoms with Gasteiger partial charge in [0, 0.05) is 92.7 Å². The van der Waals surface area contributed by atoms with Crippen LogP contribution in [-0.4, -0.2) is 78.5 Å². The lowest BCUT2D eigenvalue weighted by molar-refractivity contribution is -0.193. The normalized spacial score (nSPS) is 10.3. The number of rotatable bonds is 2. The first-order valence-corrected chi connectivity index (χ1v) is 21.9. The van der Waals surface area contributed by atoms with E-state index in [1.807, 2.05) is 50.5 Å². The van der Waals surface area contributed by atoms with E-state index in [9.17, 15) is 4.79 Å². The monoisotopic (exact) mass is 1090 g/mol. The molecule has 22 heteroatoms. The summed E-state index contributed by atoms with van der Waals surface area (Å²) in [4.78, 5) is 92.7. The molecule has 0 spiro atoms. The number of nitrogens with one attached hydrogen (secondary N) is 5. The molecule has 68 heavy (non-hydrogen) atoms. The van der Waals surface area contributed by atoms with Crippen LogP contribution in [0.5, 0.6) is 0 Å². The summed E-state index contributed by atoms with van der Waals surface area (Å²) in [7, 11) is 0. The van der Waals surface area contributed by atoms with Crippen LogP contribution in [0.15, 0.2) is 118 Å². The first-order valence-electron chi connectivity index (χ1n) is 19.5. The zero-order valence-electron chi connectivity index (χ0n) is 35.1. The number of anilines is 1. The fourth-order valence-corrected chi connectivity index (χ4v) is 7.97. The van der Waals surface area contributed by atoms with Crippen molar-refractivity contribution in [3.05, 3.63) is 140 Å². The second-order valence-electron chi connectivity index (χ2n) is 14.0. The summed E-state index contributed by atoms with van der Waals surface area (Å²) >= 11 is 10.2. The molecule has 0 fully saturated rings. The van der Waals surface area contributed by atoms with Crippen molar-refractivity contribution in [2.24, 2.45) is 0 Å². The van der Waals surface area contributed by atoms with Crippen LogP contribution >= 0.6 is 47.8 Å². The Hall–Kier alpha value is -8.44. The quantitative estimate of drug-likeness (QED) is 0.0797. The number of pyridine rings is 8. The highest BCUT2D eigenvalue weighted by atomic mass is 79.9. The van der Waals surface area contributed by atoms with Crippen LogP contribution in [0.1, 0.15) is 11.4 Å². The van der Waals surface area contributed by atoms with E-state index in [2.05, 4.69) is 142 Å². The average molecular weight is 1100 g/mol. The van der Waals surface area contributed by atoms with E-state index < -0.39 is 0 Å². The number of hydrogen-bond donors (Lipinski definition) is 5. The molecule has 0 bridgehead atoms. The number of amides is 1. The van der Waals surface area contributed by atoms with Crippen LogP contribution in [-0.2, 0) is 24.0 Å². The third-order valence-electron chi connectivity index (χ3n) is 9.74. The van der Waals surface area contributed by atoms with Crippen LogP contribution in [0.2, 0.25) is 0 Å². The number of aromatic nitrogens is 12. The van der Waals surface area contributed by atoms with Crippen molar-refractivity contribution >= 4 is 166 Å². The highest BCUT2D eigenvalue weighted by Crippen LogP contribution is 2.30. The minimum atomic E-state index is 0.250. The van der Waals surface area contributed by atoms with Crippen LogP contribution in [0.3, 0.4) is 0 Å². The first kappa shape index (κ1) is 47.5. The molecule has 0 atom stereocenters. The van der Waals surface area contributed by atoms with Gasteiger partial charge < -0.3 is 30.1 Å². The lowest BCUT2D eigenvalue weighted by atomic mass is 10.2. The molecular weight excluding hydrogens is 1070 g/mol. The molecule has 1 amide bonds. The summed E-state index contributed by atoms with van der Waals surface area (Å²) < 4.78 is 2.82. The molecule has 0 aliphatic rings. The maximum Gasteiger partial charge on any atom is 0.373 e. The van der Waals surface area contributed by atoms with Crippen LogP contribution < -0.4 is 5.32 Å². The van der Waals surface area contributed by atoms with E-state index in [-0.39, 0.29) is 12.3 Å². The Bertz CT molecular complexity index is 3860. The second-order valence-corrected chi connectivity index (χ2v) is 16.8. The summed E-state index contributed by atoms with van der Waals surface area (Å²) in [6, 6.07) is 17.8. The van der Waals surface area contributed by atoms with Crippen LogP contribution in [0.4, 0.5) is 11.6 Å². The van der Waals surface area contributed by atoms with Crippen molar-refractivity contribution < 1.29 is 24.0 Å². The summed E-state index contributed by atoms with van der Waals surface area (Å²) in [5.74, 6) is 0.918. The fourth-order valence-electron chi connectivity index (χ4n) is 6.97. The van der Waals surface area contributed by atoms with Gasteiger partial charge in [0.1, 0.15) is 34.6 Å². The van der Waals surface area contributed by atoms with Gasteiger partial charge in [-0.05, 0) is 116 Å². The molecule has 0 unspecified atom stereocenters. The van der Waals surface area contributed by atoms with Gasteiger partial charge in [-0.3, -0.25) is 14.8 Å². The Balaban J connectivity index is 0.000000129. The molecular formula is C46H29Br3N14O5. The smallest absolute Gasteiger partial charge is 0.361 e. The zero-order chi connectivity index (χ0) is 48.3. The molecule has 0 aromatic carbocycles. The predicted octanol–water partition coefficient (Wildman–Crippen LogP) is 10.3. The van der Waals surface area contributed by atoms with Gasteiger partial charge in [0.2, 0.25) is 6.41 Å². The third-order valence-corrected chi connectivity index (χ3v) is 11.0. The largest absolute Gasteiger partial charge is 0.373 e. The maximum atomic E-state index is 10.4. The van der Waals surface area contributed by atoms with Crippen LogP contribution in [0, 0.1) is 20.4 Å². The predicted molar refractivity (Wildman–Crippen MR) is 264 cm³/mol. The van der Waals surface area contributed by atoms with Gasteiger partial charge in [-0.15, -0.1) is 4.98 Å². The Labute approximate surface area is 406 Å². The van der Waals surface area contributed by atoms with Gasteiger partial charge in [0.25, 0.3) is 5.82 Å². The third kappa shape index (κ3) is 10.8. The minimum Gasteiger partial charge on any atom is -0.361 e. The molecule has 0 saturated heterocycles. The van der Waals surface area contributed by atoms with Crippen LogP contribution in [0.25, 0.3) is 92.6 Å². The van der Waals surface area contributed by atoms with Gasteiger partial charge in [-0.25, -0.2) is 24.9 Å². The van der Waals surface area contributed by atoms with Crippen molar-refractivity contribution in [1.29, 1.82) is 0 Å². The number of hydrogen-bond acceptors (Lipinski definition) is 13.